The van der Waals surface area contributed by atoms with E-state index in [-0.39, 0.29) is 60.1 Å². The van der Waals surface area contributed by atoms with Crippen molar-refractivity contribution in [2.45, 2.75) is 12.8 Å². The Bertz CT molecular complexity index is 1320. The molecule has 4 aliphatic carbocycles. The lowest BCUT2D eigenvalue weighted by molar-refractivity contribution is -0.139. The Hall–Kier alpha value is -3.26. The lowest BCUT2D eigenvalue weighted by Crippen LogP contribution is -2.40. The summed E-state index contributed by atoms with van der Waals surface area (Å²) in [7, 11) is 0. The van der Waals surface area contributed by atoms with Crippen LogP contribution in [0.2, 0.25) is 0 Å². The van der Waals surface area contributed by atoms with Crippen molar-refractivity contribution < 1.29 is 23.9 Å². The second kappa shape index (κ2) is 7.87. The summed E-state index contributed by atoms with van der Waals surface area (Å²) in [6.45, 7) is 0.240. The largest absolute Gasteiger partial charge is 0.426 e. The second-order valence-electron chi connectivity index (χ2n) is 10.5. The third kappa shape index (κ3) is 3.23. The molecule has 3 amide bonds. The summed E-state index contributed by atoms with van der Waals surface area (Å²) in [5, 5.41) is 0. The van der Waals surface area contributed by atoms with Gasteiger partial charge in [0.2, 0.25) is 17.7 Å². The van der Waals surface area contributed by atoms with Crippen molar-refractivity contribution in [3.63, 3.8) is 0 Å². The summed E-state index contributed by atoms with van der Waals surface area (Å²) >= 11 is 3.38. The van der Waals surface area contributed by atoms with Crippen molar-refractivity contribution >= 4 is 51.0 Å². The highest BCUT2D eigenvalue weighted by Crippen LogP contribution is 2.65. The van der Waals surface area contributed by atoms with Gasteiger partial charge in [-0.1, -0.05) is 34.1 Å². The van der Waals surface area contributed by atoms with Crippen LogP contribution in [0, 0.1) is 41.4 Å². The van der Waals surface area contributed by atoms with Gasteiger partial charge in [-0.25, -0.2) is 4.90 Å². The number of carbonyl (C=O) groups is 4. The number of rotatable bonds is 4. The number of amides is 3. The first kappa shape index (κ1) is 22.0. The van der Waals surface area contributed by atoms with Crippen LogP contribution in [0.5, 0.6) is 5.75 Å². The van der Waals surface area contributed by atoms with Crippen LogP contribution in [0.1, 0.15) is 12.8 Å². The van der Waals surface area contributed by atoms with Gasteiger partial charge in [0.05, 0.1) is 23.4 Å². The maximum Gasteiger partial charge on any atom is 0.316 e. The summed E-state index contributed by atoms with van der Waals surface area (Å²) in [5.41, 5.74) is 1.16. The minimum Gasteiger partial charge on any atom is -0.426 e. The van der Waals surface area contributed by atoms with E-state index < -0.39 is 11.9 Å². The van der Waals surface area contributed by atoms with Gasteiger partial charge in [-0.3, -0.25) is 19.2 Å². The Morgan fingerprint density at radius 3 is 2.22 bits per heavy atom. The second-order valence-corrected chi connectivity index (χ2v) is 11.4. The first-order valence-corrected chi connectivity index (χ1v) is 13.1. The standard InChI is InChI=1S/C28H23BrN2O5/c29-15-4-6-16(7-5-15)30-13-14(10-23(30)32)28(35)36-18-3-1-2-17(11-18)31-26(33)24-19-8-9-20(22-12-21(19)22)25(24)27(31)34/h1-9,11,14,19-22,24-25H,10,12-13H2/t14-,19-,20-,21-,22+,24-,25+/m0/s1. The molecule has 2 aromatic carbocycles. The number of ether oxygens (including phenoxy) is 1. The van der Waals surface area contributed by atoms with E-state index >= 15 is 0 Å². The number of hydrogen-bond donors (Lipinski definition) is 0. The van der Waals surface area contributed by atoms with Crippen molar-refractivity contribution in [3.05, 3.63) is 65.2 Å². The van der Waals surface area contributed by atoms with Crippen LogP contribution < -0.4 is 14.5 Å². The molecule has 0 N–H and O–H groups in total. The predicted octanol–water partition coefficient (Wildman–Crippen LogP) is 3.97. The predicted molar refractivity (Wildman–Crippen MR) is 134 cm³/mol. The summed E-state index contributed by atoms with van der Waals surface area (Å²) in [4.78, 5) is 55.1. The number of esters is 1. The number of allylic oxidation sites excluding steroid dienone is 2. The van der Waals surface area contributed by atoms with Gasteiger partial charge >= 0.3 is 5.97 Å². The molecular weight excluding hydrogens is 524 g/mol. The van der Waals surface area contributed by atoms with Gasteiger partial charge in [-0.15, -0.1) is 0 Å². The zero-order chi connectivity index (χ0) is 24.7. The SMILES string of the molecule is O=C(Oc1cccc(N2C(=O)[C@@H]3[C@H]4C=C[C@@H]([C@@H]5C[C@H]45)[C@@H]3C2=O)c1)[C@H]1CC(=O)N(c2ccc(Br)cc2)C1. The normalized spacial score (nSPS) is 33.7. The number of hydrogen-bond acceptors (Lipinski definition) is 5. The first-order valence-electron chi connectivity index (χ1n) is 12.3. The molecule has 7 nitrogen and oxygen atoms in total. The fourth-order valence-corrected chi connectivity index (χ4v) is 7.10. The van der Waals surface area contributed by atoms with E-state index in [2.05, 4.69) is 28.1 Å². The average Bonchev–Trinajstić information content (AvgIpc) is 3.55. The van der Waals surface area contributed by atoms with E-state index in [9.17, 15) is 19.2 Å². The number of halogens is 1. The van der Waals surface area contributed by atoms with Gasteiger partial charge in [0, 0.05) is 29.2 Å². The average molecular weight is 547 g/mol. The van der Waals surface area contributed by atoms with Gasteiger partial charge < -0.3 is 9.64 Å². The third-order valence-electron chi connectivity index (χ3n) is 8.55. The van der Waals surface area contributed by atoms with Crippen LogP contribution in [0.25, 0.3) is 0 Å². The molecule has 8 heteroatoms. The maximum absolute atomic E-state index is 13.4. The monoisotopic (exact) mass is 546 g/mol. The van der Waals surface area contributed by atoms with Crippen molar-refractivity contribution in [2.24, 2.45) is 41.4 Å². The van der Waals surface area contributed by atoms with Crippen LogP contribution >= 0.6 is 15.9 Å². The molecule has 0 spiro atoms. The highest BCUT2D eigenvalue weighted by atomic mass is 79.9. The van der Waals surface area contributed by atoms with E-state index in [0.717, 1.165) is 16.6 Å². The number of imide groups is 1. The minimum atomic E-state index is -0.601. The van der Waals surface area contributed by atoms with Gasteiger partial charge in [-0.05, 0) is 66.5 Å². The maximum atomic E-state index is 13.4. The Balaban J connectivity index is 1.07. The highest BCUT2D eigenvalue weighted by Gasteiger charge is 2.67. The van der Waals surface area contributed by atoms with Crippen LogP contribution in [0.4, 0.5) is 11.4 Å². The molecule has 0 aromatic heterocycles. The number of anilines is 2. The minimum absolute atomic E-state index is 0.0686. The van der Waals surface area contributed by atoms with Crippen LogP contribution in [-0.2, 0) is 19.2 Å². The molecule has 0 unspecified atom stereocenters. The molecule has 2 saturated carbocycles. The molecule has 0 radical (unpaired) electrons. The zero-order valence-electron chi connectivity index (χ0n) is 19.2. The fraction of sp³-hybridized carbons (Fsp3) is 0.357. The number of carbonyl (C=O) groups excluding carboxylic acids is 4. The topological polar surface area (TPSA) is 84.0 Å². The lowest BCUT2D eigenvalue weighted by atomic mass is 9.63. The van der Waals surface area contributed by atoms with Crippen molar-refractivity contribution in [2.75, 3.05) is 16.3 Å². The fourth-order valence-electron chi connectivity index (χ4n) is 6.83. The molecule has 2 aromatic rings. The molecular formula is C28H23BrN2O5. The highest BCUT2D eigenvalue weighted by molar-refractivity contribution is 9.10. The van der Waals surface area contributed by atoms with Crippen molar-refractivity contribution in [3.8, 4) is 5.75 Å². The quantitative estimate of drug-likeness (QED) is 0.251. The Morgan fingerprint density at radius 1 is 0.889 bits per heavy atom. The number of benzene rings is 2. The van der Waals surface area contributed by atoms with E-state index in [1.807, 2.05) is 24.3 Å². The molecule has 2 saturated heterocycles. The van der Waals surface area contributed by atoms with Gasteiger partial charge in [-0.2, -0.15) is 0 Å². The molecule has 2 aliphatic heterocycles. The molecule has 6 aliphatic rings. The Morgan fingerprint density at radius 2 is 1.56 bits per heavy atom. The van der Waals surface area contributed by atoms with E-state index in [1.165, 1.54) is 4.90 Å². The van der Waals surface area contributed by atoms with Gasteiger partial charge in [0.1, 0.15) is 5.75 Å². The van der Waals surface area contributed by atoms with Crippen LogP contribution in [0.15, 0.2) is 65.2 Å². The molecule has 2 heterocycles. The summed E-state index contributed by atoms with van der Waals surface area (Å²) in [6, 6.07) is 13.9. The molecule has 4 fully saturated rings. The molecule has 2 bridgehead atoms. The smallest absolute Gasteiger partial charge is 0.316 e. The van der Waals surface area contributed by atoms with E-state index in [0.29, 0.717) is 17.5 Å². The molecule has 182 valence electrons. The number of nitrogens with zero attached hydrogens (tertiary/aromatic N) is 2. The molecule has 8 rings (SSSR count). The van der Waals surface area contributed by atoms with Gasteiger partial charge in [0.25, 0.3) is 0 Å². The van der Waals surface area contributed by atoms with E-state index in [4.69, 9.17) is 4.74 Å². The first-order chi connectivity index (χ1) is 17.4. The van der Waals surface area contributed by atoms with E-state index in [1.54, 1.807) is 29.2 Å². The summed E-state index contributed by atoms with van der Waals surface area (Å²) < 4.78 is 6.54. The van der Waals surface area contributed by atoms with Crippen LogP contribution in [0.3, 0.4) is 0 Å². The van der Waals surface area contributed by atoms with Crippen molar-refractivity contribution in [1.29, 1.82) is 0 Å². The molecule has 36 heavy (non-hydrogen) atoms. The lowest BCUT2D eigenvalue weighted by Gasteiger charge is -2.37. The summed E-state index contributed by atoms with van der Waals surface area (Å²) in [6.07, 6.45) is 5.48. The molecule has 7 atom stereocenters. The Labute approximate surface area is 216 Å². The summed E-state index contributed by atoms with van der Waals surface area (Å²) in [5.74, 6) is -0.458. The van der Waals surface area contributed by atoms with Crippen LogP contribution in [-0.4, -0.2) is 30.2 Å². The van der Waals surface area contributed by atoms with Gasteiger partial charge in [0.15, 0.2) is 0 Å². The van der Waals surface area contributed by atoms with Crippen molar-refractivity contribution in [1.82, 2.24) is 0 Å². The Kier molecular flexibility index (Phi) is 4.80. The zero-order valence-corrected chi connectivity index (χ0v) is 20.8. The third-order valence-corrected chi connectivity index (χ3v) is 9.08.